The Morgan fingerprint density at radius 2 is 2.11 bits per heavy atom. The van der Waals surface area contributed by atoms with Gasteiger partial charge in [0, 0.05) is 6.07 Å². The molecule has 102 valence electrons. The van der Waals surface area contributed by atoms with Gasteiger partial charge >= 0.3 is 0 Å². The molecule has 0 saturated carbocycles. The summed E-state index contributed by atoms with van der Waals surface area (Å²) in [6.45, 7) is 3.88. The fourth-order valence-corrected chi connectivity index (χ4v) is 2.70. The van der Waals surface area contributed by atoms with Gasteiger partial charge in [0.2, 0.25) is 10.0 Å². The Bertz CT molecular complexity index is 533. The Balaban J connectivity index is 3.08. The molecule has 7 heteroatoms. The minimum absolute atomic E-state index is 0.0777. The molecule has 0 bridgehead atoms. The zero-order valence-electron chi connectivity index (χ0n) is 10.1. The van der Waals surface area contributed by atoms with Crippen LogP contribution < -0.4 is 9.88 Å². The summed E-state index contributed by atoms with van der Waals surface area (Å²) in [7, 11) is -4.07. The molecule has 0 radical (unpaired) electrons. The predicted molar refractivity (Wildman–Crippen MR) is 70.5 cm³/mol. The molecule has 2 N–H and O–H groups in total. The molecule has 0 aliphatic carbocycles. The maximum absolute atomic E-state index is 13.6. The molecule has 0 spiro atoms. The van der Waals surface area contributed by atoms with Crippen molar-refractivity contribution in [2.45, 2.75) is 37.7 Å². The van der Waals surface area contributed by atoms with Gasteiger partial charge in [0.25, 0.3) is 0 Å². The standard InChI is InChI=1S/C11H15BrFNO3S/c1-3-4-7(2)17-10-6-9(13)11(5-8(10)12)18(14,15)16/h5-7H,3-4H2,1-2H3,(H2,14,15,16). The maximum atomic E-state index is 13.6. The smallest absolute Gasteiger partial charge is 0.241 e. The van der Waals surface area contributed by atoms with E-state index in [1.54, 1.807) is 0 Å². The molecule has 1 atom stereocenters. The van der Waals surface area contributed by atoms with Crippen LogP contribution in [0.4, 0.5) is 4.39 Å². The van der Waals surface area contributed by atoms with Crippen LogP contribution in [0.1, 0.15) is 26.7 Å². The number of hydrogen-bond donors (Lipinski definition) is 1. The molecule has 0 fully saturated rings. The number of primary sulfonamides is 1. The zero-order valence-corrected chi connectivity index (χ0v) is 12.5. The summed E-state index contributed by atoms with van der Waals surface area (Å²) in [5.41, 5.74) is 0. The fourth-order valence-electron chi connectivity index (χ4n) is 1.50. The molecule has 0 aliphatic rings. The van der Waals surface area contributed by atoms with E-state index in [0.717, 1.165) is 25.0 Å². The van der Waals surface area contributed by atoms with Gasteiger partial charge in [-0.3, -0.25) is 0 Å². The van der Waals surface area contributed by atoms with Gasteiger partial charge in [-0.25, -0.2) is 17.9 Å². The van der Waals surface area contributed by atoms with Crippen molar-refractivity contribution < 1.29 is 17.5 Å². The molecule has 18 heavy (non-hydrogen) atoms. The van der Waals surface area contributed by atoms with E-state index in [4.69, 9.17) is 9.88 Å². The highest BCUT2D eigenvalue weighted by Gasteiger charge is 2.18. The van der Waals surface area contributed by atoms with Gasteiger partial charge in [-0.05, 0) is 35.3 Å². The van der Waals surface area contributed by atoms with Crippen LogP contribution in [0.2, 0.25) is 0 Å². The van der Waals surface area contributed by atoms with Crippen molar-refractivity contribution in [1.29, 1.82) is 0 Å². The molecule has 1 aromatic carbocycles. The molecule has 0 aromatic heterocycles. The zero-order chi connectivity index (χ0) is 13.9. The highest BCUT2D eigenvalue weighted by Crippen LogP contribution is 2.31. The van der Waals surface area contributed by atoms with Crippen LogP contribution in [-0.2, 0) is 10.0 Å². The fraction of sp³-hybridized carbons (Fsp3) is 0.455. The van der Waals surface area contributed by atoms with Crippen LogP contribution in [0.25, 0.3) is 0 Å². The van der Waals surface area contributed by atoms with E-state index in [2.05, 4.69) is 15.9 Å². The van der Waals surface area contributed by atoms with Crippen molar-refractivity contribution in [2.24, 2.45) is 5.14 Å². The van der Waals surface area contributed by atoms with Crippen LogP contribution in [0, 0.1) is 5.82 Å². The SMILES string of the molecule is CCCC(C)Oc1cc(F)c(S(N)(=O)=O)cc1Br. The van der Waals surface area contributed by atoms with E-state index in [-0.39, 0.29) is 11.9 Å². The first kappa shape index (κ1) is 15.4. The van der Waals surface area contributed by atoms with Gasteiger partial charge < -0.3 is 4.74 Å². The number of benzene rings is 1. The Hall–Kier alpha value is -0.660. The monoisotopic (exact) mass is 339 g/mol. The highest BCUT2D eigenvalue weighted by atomic mass is 79.9. The van der Waals surface area contributed by atoms with Crippen molar-refractivity contribution in [3.05, 3.63) is 22.4 Å². The number of halogens is 2. The van der Waals surface area contributed by atoms with Crippen molar-refractivity contribution in [3.8, 4) is 5.75 Å². The highest BCUT2D eigenvalue weighted by molar-refractivity contribution is 9.10. The molecular weight excluding hydrogens is 325 g/mol. The molecule has 1 rings (SSSR count). The lowest BCUT2D eigenvalue weighted by Crippen LogP contribution is -2.15. The van der Waals surface area contributed by atoms with Crippen LogP contribution in [0.5, 0.6) is 5.75 Å². The normalized spacial score (nSPS) is 13.4. The second-order valence-corrected chi connectivity index (χ2v) is 6.36. The minimum Gasteiger partial charge on any atom is -0.489 e. The van der Waals surface area contributed by atoms with Crippen molar-refractivity contribution >= 4 is 26.0 Å². The summed E-state index contributed by atoms with van der Waals surface area (Å²) in [6, 6.07) is 2.13. The van der Waals surface area contributed by atoms with Gasteiger partial charge in [-0.1, -0.05) is 13.3 Å². The Labute approximate surface area is 115 Å². The number of hydrogen-bond acceptors (Lipinski definition) is 3. The minimum atomic E-state index is -4.07. The molecule has 0 saturated heterocycles. The van der Waals surface area contributed by atoms with Gasteiger partial charge in [-0.2, -0.15) is 0 Å². The van der Waals surface area contributed by atoms with E-state index in [9.17, 15) is 12.8 Å². The quantitative estimate of drug-likeness (QED) is 0.896. The molecule has 1 aromatic rings. The second-order valence-electron chi connectivity index (χ2n) is 3.98. The van der Waals surface area contributed by atoms with Crippen molar-refractivity contribution in [3.63, 3.8) is 0 Å². The van der Waals surface area contributed by atoms with E-state index < -0.39 is 20.7 Å². The third-order valence-electron chi connectivity index (χ3n) is 2.32. The third-order valence-corrected chi connectivity index (χ3v) is 3.86. The predicted octanol–water partition coefficient (Wildman–Crippen LogP) is 2.80. The van der Waals surface area contributed by atoms with Gasteiger partial charge in [0.1, 0.15) is 16.5 Å². The number of ether oxygens (including phenoxy) is 1. The summed E-state index contributed by atoms with van der Waals surface area (Å²) >= 11 is 3.14. The molecule has 0 aliphatic heterocycles. The summed E-state index contributed by atoms with van der Waals surface area (Å²) in [5, 5.41) is 4.90. The summed E-state index contributed by atoms with van der Waals surface area (Å²) < 4.78 is 41.7. The Kier molecular flexibility index (Phi) is 5.12. The molecule has 0 heterocycles. The van der Waals surface area contributed by atoms with Crippen molar-refractivity contribution in [1.82, 2.24) is 0 Å². The lowest BCUT2D eigenvalue weighted by Gasteiger charge is -2.15. The van der Waals surface area contributed by atoms with Gasteiger partial charge in [-0.15, -0.1) is 0 Å². The lowest BCUT2D eigenvalue weighted by atomic mass is 10.2. The van der Waals surface area contributed by atoms with Gasteiger partial charge in [0.15, 0.2) is 0 Å². The number of rotatable bonds is 5. The van der Waals surface area contributed by atoms with E-state index in [1.807, 2.05) is 13.8 Å². The second kappa shape index (κ2) is 5.99. The van der Waals surface area contributed by atoms with Crippen molar-refractivity contribution in [2.75, 3.05) is 0 Å². The number of sulfonamides is 1. The average molecular weight is 340 g/mol. The lowest BCUT2D eigenvalue weighted by molar-refractivity contribution is 0.207. The topological polar surface area (TPSA) is 69.4 Å². The van der Waals surface area contributed by atoms with Crippen LogP contribution in [-0.4, -0.2) is 14.5 Å². The van der Waals surface area contributed by atoms with E-state index >= 15 is 0 Å². The Morgan fingerprint density at radius 1 is 1.50 bits per heavy atom. The van der Waals surface area contributed by atoms with Crippen LogP contribution >= 0.6 is 15.9 Å². The molecule has 1 unspecified atom stereocenters. The van der Waals surface area contributed by atoms with Crippen LogP contribution in [0.3, 0.4) is 0 Å². The summed E-state index contributed by atoms with van der Waals surface area (Å²) in [4.78, 5) is -0.551. The summed E-state index contributed by atoms with van der Waals surface area (Å²) in [6.07, 6.45) is 1.69. The van der Waals surface area contributed by atoms with Gasteiger partial charge in [0.05, 0.1) is 10.6 Å². The Morgan fingerprint density at radius 3 is 2.61 bits per heavy atom. The third kappa shape index (κ3) is 3.93. The molecular formula is C11H15BrFNO3S. The first-order valence-electron chi connectivity index (χ1n) is 5.44. The number of nitrogens with two attached hydrogens (primary N) is 1. The first-order chi connectivity index (χ1) is 8.25. The van der Waals surface area contributed by atoms with Crippen LogP contribution in [0.15, 0.2) is 21.5 Å². The maximum Gasteiger partial charge on any atom is 0.241 e. The average Bonchev–Trinajstić information content (AvgIpc) is 2.21. The van der Waals surface area contributed by atoms with E-state index in [1.165, 1.54) is 0 Å². The largest absolute Gasteiger partial charge is 0.489 e. The van der Waals surface area contributed by atoms with E-state index in [0.29, 0.717) is 4.47 Å². The molecule has 4 nitrogen and oxygen atoms in total. The first-order valence-corrected chi connectivity index (χ1v) is 7.78. The molecule has 0 amide bonds. The summed E-state index contributed by atoms with van der Waals surface area (Å²) in [5.74, 6) is -0.653.